The van der Waals surface area contributed by atoms with E-state index in [2.05, 4.69) is 10.1 Å². The van der Waals surface area contributed by atoms with E-state index in [4.69, 9.17) is 0 Å². The monoisotopic (exact) mass is 464 g/mol. The first-order valence-corrected chi connectivity index (χ1v) is 13.5. The molecule has 2 fully saturated rings. The van der Waals surface area contributed by atoms with Gasteiger partial charge in [0.15, 0.2) is 9.84 Å². The van der Waals surface area contributed by atoms with E-state index in [-0.39, 0.29) is 41.6 Å². The fraction of sp³-hybridized carbons (Fsp3) is 0.619. The summed E-state index contributed by atoms with van der Waals surface area (Å²) in [6.45, 7) is 3.46. The molecular formula is C21H28N4O4S2. The summed E-state index contributed by atoms with van der Waals surface area (Å²) in [5.74, 6) is -0.102. The maximum absolute atomic E-state index is 13.4. The molecule has 1 amide bonds. The van der Waals surface area contributed by atoms with Crippen molar-refractivity contribution in [1.82, 2.24) is 19.7 Å². The Labute approximate surface area is 186 Å². The number of carbonyl (C=O) groups is 1. The third kappa shape index (κ3) is 4.90. The quantitative estimate of drug-likeness (QED) is 0.673. The Kier molecular flexibility index (Phi) is 6.30. The summed E-state index contributed by atoms with van der Waals surface area (Å²) >= 11 is 1.39. The highest BCUT2D eigenvalue weighted by Crippen LogP contribution is 2.29. The van der Waals surface area contributed by atoms with Crippen LogP contribution in [0.2, 0.25) is 0 Å². The van der Waals surface area contributed by atoms with Crippen LogP contribution in [0.1, 0.15) is 49.9 Å². The van der Waals surface area contributed by atoms with Gasteiger partial charge in [0.25, 0.3) is 5.56 Å². The summed E-state index contributed by atoms with van der Waals surface area (Å²) in [6.07, 6.45) is 5.42. The van der Waals surface area contributed by atoms with Gasteiger partial charge in [-0.05, 0) is 39.2 Å². The second-order valence-electron chi connectivity index (χ2n) is 8.61. The van der Waals surface area contributed by atoms with Crippen LogP contribution in [0.3, 0.4) is 0 Å². The number of carbonyl (C=O) groups excluding carboxylic acids is 1. The maximum atomic E-state index is 13.4. The molecule has 2 aliphatic rings. The highest BCUT2D eigenvalue weighted by Gasteiger charge is 2.38. The lowest BCUT2D eigenvalue weighted by atomic mass is 9.93. The molecule has 1 atom stereocenters. The van der Waals surface area contributed by atoms with Gasteiger partial charge in [0, 0.05) is 23.2 Å². The molecule has 2 aromatic heterocycles. The van der Waals surface area contributed by atoms with Gasteiger partial charge in [0.1, 0.15) is 11.6 Å². The first-order chi connectivity index (χ1) is 14.7. The molecular weight excluding hydrogens is 436 g/mol. The molecule has 0 N–H and O–H groups in total. The normalized spacial score (nSPS) is 21.3. The Bertz CT molecular complexity index is 1130. The van der Waals surface area contributed by atoms with E-state index in [0.717, 1.165) is 37.8 Å². The lowest BCUT2D eigenvalue weighted by molar-refractivity contribution is -0.137. The third-order valence-corrected chi connectivity index (χ3v) is 8.83. The molecule has 1 aliphatic carbocycles. The van der Waals surface area contributed by atoms with Crippen molar-refractivity contribution in [3.05, 3.63) is 33.2 Å². The second-order valence-corrected chi connectivity index (χ2v) is 11.7. The molecule has 0 bridgehead atoms. The zero-order chi connectivity index (χ0) is 22.2. The van der Waals surface area contributed by atoms with E-state index in [9.17, 15) is 18.0 Å². The number of aryl methyl sites for hydroxylation is 2. The predicted octanol–water partition coefficient (Wildman–Crippen LogP) is 2.33. The molecule has 8 nitrogen and oxygen atoms in total. The van der Waals surface area contributed by atoms with Crippen LogP contribution in [0.25, 0.3) is 10.6 Å². The van der Waals surface area contributed by atoms with E-state index in [0.29, 0.717) is 22.7 Å². The van der Waals surface area contributed by atoms with Crippen LogP contribution in [-0.4, -0.2) is 57.6 Å². The van der Waals surface area contributed by atoms with Crippen LogP contribution in [0.15, 0.2) is 16.2 Å². The number of hydrogen-bond donors (Lipinski definition) is 0. The lowest BCUT2D eigenvalue weighted by Crippen LogP contribution is -2.50. The SMILES string of the molecule is Cc1csc(-c2cc(C)nn(CC(=O)N(C3CCCCC3)C3CCS(=O)(=O)C3)c2=O)n1. The van der Waals surface area contributed by atoms with Crippen LogP contribution >= 0.6 is 11.3 Å². The topological polar surface area (TPSA) is 102 Å². The number of hydrogen-bond acceptors (Lipinski definition) is 7. The van der Waals surface area contributed by atoms with Crippen LogP contribution in [0.5, 0.6) is 0 Å². The standard InChI is InChI=1S/C21H28N4O4S2/c1-14-10-18(20-22-15(2)12-30-20)21(27)24(23-14)11-19(26)25(16-6-4-3-5-7-16)17-8-9-31(28,29)13-17/h10,12,16-17H,3-9,11,13H2,1-2H3. The molecule has 0 spiro atoms. The smallest absolute Gasteiger partial charge is 0.277 e. The summed E-state index contributed by atoms with van der Waals surface area (Å²) in [7, 11) is -3.13. The second kappa shape index (κ2) is 8.82. The number of nitrogens with zero attached hydrogens (tertiary/aromatic N) is 4. The average molecular weight is 465 g/mol. The Balaban J connectivity index is 1.64. The fourth-order valence-electron chi connectivity index (χ4n) is 4.68. The summed E-state index contributed by atoms with van der Waals surface area (Å²) < 4.78 is 25.4. The van der Waals surface area contributed by atoms with Crippen molar-refractivity contribution in [2.24, 2.45) is 0 Å². The van der Waals surface area contributed by atoms with Crippen molar-refractivity contribution in [1.29, 1.82) is 0 Å². The van der Waals surface area contributed by atoms with Gasteiger partial charge in [-0.2, -0.15) is 5.10 Å². The zero-order valence-electron chi connectivity index (χ0n) is 17.9. The molecule has 2 aromatic rings. The van der Waals surface area contributed by atoms with Crippen LogP contribution < -0.4 is 5.56 Å². The Hall–Kier alpha value is -2.07. The number of thiazole rings is 1. The summed E-state index contributed by atoms with van der Waals surface area (Å²) in [4.78, 5) is 32.7. The fourth-order valence-corrected chi connectivity index (χ4v) is 7.20. The molecule has 31 heavy (non-hydrogen) atoms. The van der Waals surface area contributed by atoms with Crippen LogP contribution in [-0.2, 0) is 21.2 Å². The van der Waals surface area contributed by atoms with Crippen molar-refractivity contribution in [2.45, 2.75) is 71.0 Å². The van der Waals surface area contributed by atoms with E-state index < -0.39 is 9.84 Å². The van der Waals surface area contributed by atoms with Gasteiger partial charge in [-0.1, -0.05) is 19.3 Å². The first-order valence-electron chi connectivity index (χ1n) is 10.8. The Morgan fingerprint density at radius 3 is 2.52 bits per heavy atom. The summed E-state index contributed by atoms with van der Waals surface area (Å²) in [5.41, 5.74) is 1.55. The highest BCUT2D eigenvalue weighted by molar-refractivity contribution is 7.91. The largest absolute Gasteiger partial charge is 0.334 e. The first kappa shape index (κ1) is 22.1. The minimum absolute atomic E-state index is 0.00896. The zero-order valence-corrected chi connectivity index (χ0v) is 19.5. The Morgan fingerprint density at radius 1 is 1.16 bits per heavy atom. The van der Waals surface area contributed by atoms with Gasteiger partial charge in [-0.3, -0.25) is 9.59 Å². The van der Waals surface area contributed by atoms with Crippen molar-refractivity contribution >= 4 is 27.1 Å². The number of aromatic nitrogens is 3. The number of sulfone groups is 1. The highest BCUT2D eigenvalue weighted by atomic mass is 32.2. The number of rotatable bonds is 5. The van der Waals surface area contributed by atoms with E-state index in [1.807, 2.05) is 12.3 Å². The van der Waals surface area contributed by atoms with Crippen molar-refractivity contribution in [3.63, 3.8) is 0 Å². The third-order valence-electron chi connectivity index (χ3n) is 6.09. The molecule has 1 saturated carbocycles. The molecule has 3 heterocycles. The molecule has 1 aliphatic heterocycles. The molecule has 0 aromatic carbocycles. The molecule has 0 radical (unpaired) electrons. The van der Waals surface area contributed by atoms with E-state index in [1.165, 1.54) is 16.0 Å². The van der Waals surface area contributed by atoms with E-state index in [1.54, 1.807) is 17.9 Å². The van der Waals surface area contributed by atoms with Crippen LogP contribution in [0, 0.1) is 13.8 Å². The lowest BCUT2D eigenvalue weighted by Gasteiger charge is -2.38. The van der Waals surface area contributed by atoms with Gasteiger partial charge in [-0.25, -0.2) is 18.1 Å². The maximum Gasteiger partial charge on any atom is 0.277 e. The van der Waals surface area contributed by atoms with E-state index >= 15 is 0 Å². The summed E-state index contributed by atoms with van der Waals surface area (Å²) in [6, 6.07) is 1.41. The minimum Gasteiger partial charge on any atom is -0.334 e. The van der Waals surface area contributed by atoms with Gasteiger partial charge in [-0.15, -0.1) is 11.3 Å². The van der Waals surface area contributed by atoms with Crippen molar-refractivity contribution in [3.8, 4) is 10.6 Å². The van der Waals surface area contributed by atoms with Crippen molar-refractivity contribution < 1.29 is 13.2 Å². The van der Waals surface area contributed by atoms with Crippen molar-refractivity contribution in [2.75, 3.05) is 11.5 Å². The number of amides is 1. The van der Waals surface area contributed by atoms with Gasteiger partial charge < -0.3 is 4.90 Å². The Morgan fingerprint density at radius 2 is 1.90 bits per heavy atom. The minimum atomic E-state index is -3.13. The predicted molar refractivity (Wildman–Crippen MR) is 120 cm³/mol. The molecule has 10 heteroatoms. The van der Waals surface area contributed by atoms with Gasteiger partial charge >= 0.3 is 0 Å². The molecule has 1 saturated heterocycles. The molecule has 168 valence electrons. The average Bonchev–Trinajstić information content (AvgIpc) is 3.30. The summed E-state index contributed by atoms with van der Waals surface area (Å²) in [5, 5.41) is 6.80. The van der Waals surface area contributed by atoms with Gasteiger partial charge in [0.05, 0.1) is 22.8 Å². The van der Waals surface area contributed by atoms with Gasteiger partial charge in [0.2, 0.25) is 5.91 Å². The molecule has 1 unspecified atom stereocenters. The van der Waals surface area contributed by atoms with Crippen LogP contribution in [0.4, 0.5) is 0 Å². The molecule has 4 rings (SSSR count).